The van der Waals surface area contributed by atoms with Crippen molar-refractivity contribution in [2.75, 3.05) is 0 Å². The smallest absolute Gasteiger partial charge is 0.307 e. The highest BCUT2D eigenvalue weighted by molar-refractivity contribution is 5.76. The fraction of sp³-hybridized carbons (Fsp3) is 0.714. The van der Waals surface area contributed by atoms with Crippen molar-refractivity contribution in [2.45, 2.75) is 39.5 Å². The third kappa shape index (κ3) is 2.09. The van der Waals surface area contributed by atoms with Gasteiger partial charge in [0.1, 0.15) is 0 Å². The molecule has 0 spiro atoms. The summed E-state index contributed by atoms with van der Waals surface area (Å²) in [6, 6.07) is 2.28. The molecule has 2 saturated carbocycles. The Morgan fingerprint density at radius 2 is 2.00 bits per heavy atom. The van der Waals surface area contributed by atoms with E-state index in [1.54, 1.807) is 0 Å². The maximum atomic E-state index is 11.1. The van der Waals surface area contributed by atoms with Crippen LogP contribution in [0.15, 0.2) is 11.6 Å². The molecule has 3 nitrogen and oxygen atoms in total. The van der Waals surface area contributed by atoms with Gasteiger partial charge in [0.05, 0.1) is 12.0 Å². The van der Waals surface area contributed by atoms with Crippen molar-refractivity contribution >= 4 is 5.97 Å². The molecular formula is C14H19NO2. The molecule has 2 aliphatic carbocycles. The number of carboxylic acid groups (broad SMARTS) is 1. The van der Waals surface area contributed by atoms with Gasteiger partial charge in [0, 0.05) is 5.57 Å². The van der Waals surface area contributed by atoms with E-state index in [0.717, 1.165) is 18.4 Å². The fourth-order valence-corrected chi connectivity index (χ4v) is 3.16. The van der Waals surface area contributed by atoms with Crippen molar-refractivity contribution in [3.63, 3.8) is 0 Å². The van der Waals surface area contributed by atoms with Crippen molar-refractivity contribution in [1.29, 1.82) is 5.26 Å². The summed E-state index contributed by atoms with van der Waals surface area (Å²) >= 11 is 0. The molecule has 2 unspecified atom stereocenters. The highest BCUT2D eigenvalue weighted by atomic mass is 16.4. The van der Waals surface area contributed by atoms with Crippen LogP contribution in [0.3, 0.4) is 0 Å². The Balaban J connectivity index is 2.13. The quantitative estimate of drug-likeness (QED) is 0.762. The van der Waals surface area contributed by atoms with Crippen molar-refractivity contribution in [1.82, 2.24) is 0 Å². The number of rotatable bonds is 3. The molecule has 0 aromatic rings. The number of hydrogen-bond donors (Lipinski definition) is 1. The van der Waals surface area contributed by atoms with E-state index in [1.165, 1.54) is 12.8 Å². The normalized spacial score (nSPS) is 32.2. The molecule has 0 saturated heterocycles. The van der Waals surface area contributed by atoms with Crippen LogP contribution in [0.25, 0.3) is 0 Å². The first-order valence-corrected chi connectivity index (χ1v) is 6.33. The monoisotopic (exact) mass is 233 g/mol. The molecule has 0 radical (unpaired) electrons. The molecule has 2 atom stereocenters. The van der Waals surface area contributed by atoms with Gasteiger partial charge in [0.25, 0.3) is 0 Å². The van der Waals surface area contributed by atoms with Gasteiger partial charge in [0.15, 0.2) is 0 Å². The Morgan fingerprint density at radius 3 is 2.41 bits per heavy atom. The SMILES string of the molecule is CC1(C)C(C=C(C#N)C2CCCC2)C1C(=O)O. The highest BCUT2D eigenvalue weighted by Crippen LogP contribution is 2.59. The first-order valence-electron chi connectivity index (χ1n) is 6.33. The van der Waals surface area contributed by atoms with Crippen LogP contribution in [0.5, 0.6) is 0 Å². The van der Waals surface area contributed by atoms with Crippen LogP contribution in [0, 0.1) is 34.5 Å². The van der Waals surface area contributed by atoms with Crippen molar-refractivity contribution in [3.05, 3.63) is 11.6 Å². The van der Waals surface area contributed by atoms with Crippen LogP contribution in [0.4, 0.5) is 0 Å². The van der Waals surface area contributed by atoms with Gasteiger partial charge in [-0.3, -0.25) is 4.79 Å². The second-order valence-electron chi connectivity index (χ2n) is 5.88. The lowest BCUT2D eigenvalue weighted by Gasteiger charge is -2.07. The molecule has 0 bridgehead atoms. The summed E-state index contributed by atoms with van der Waals surface area (Å²) in [5.74, 6) is -0.631. The molecule has 2 fully saturated rings. The van der Waals surface area contributed by atoms with Crippen LogP contribution >= 0.6 is 0 Å². The van der Waals surface area contributed by atoms with Gasteiger partial charge in [-0.1, -0.05) is 32.8 Å². The van der Waals surface area contributed by atoms with Gasteiger partial charge in [-0.25, -0.2) is 0 Å². The van der Waals surface area contributed by atoms with Crippen molar-refractivity contribution in [2.24, 2.45) is 23.2 Å². The lowest BCUT2D eigenvalue weighted by molar-refractivity contribution is -0.139. The van der Waals surface area contributed by atoms with Crippen LogP contribution in [-0.4, -0.2) is 11.1 Å². The number of nitriles is 1. The van der Waals surface area contributed by atoms with Crippen LogP contribution in [0.2, 0.25) is 0 Å². The molecule has 0 aromatic carbocycles. The molecule has 1 N–H and O–H groups in total. The molecule has 0 aromatic heterocycles. The maximum absolute atomic E-state index is 11.1. The van der Waals surface area contributed by atoms with Gasteiger partial charge in [-0.05, 0) is 30.1 Å². The minimum Gasteiger partial charge on any atom is -0.481 e. The minimum atomic E-state index is -0.736. The van der Waals surface area contributed by atoms with E-state index >= 15 is 0 Å². The number of aliphatic carboxylic acids is 1. The zero-order valence-corrected chi connectivity index (χ0v) is 10.4. The van der Waals surface area contributed by atoms with E-state index < -0.39 is 5.97 Å². The largest absolute Gasteiger partial charge is 0.481 e. The van der Waals surface area contributed by atoms with E-state index in [0.29, 0.717) is 5.92 Å². The summed E-state index contributed by atoms with van der Waals surface area (Å²) < 4.78 is 0. The molecule has 2 rings (SSSR count). The van der Waals surface area contributed by atoms with E-state index in [-0.39, 0.29) is 17.3 Å². The summed E-state index contributed by atoms with van der Waals surface area (Å²) in [5.41, 5.74) is 0.635. The van der Waals surface area contributed by atoms with E-state index in [4.69, 9.17) is 5.11 Å². The Hall–Kier alpha value is -1.30. The second kappa shape index (κ2) is 4.18. The maximum Gasteiger partial charge on any atom is 0.307 e. The van der Waals surface area contributed by atoms with Gasteiger partial charge in [-0.15, -0.1) is 0 Å². The molecule has 92 valence electrons. The van der Waals surface area contributed by atoms with Gasteiger partial charge >= 0.3 is 5.97 Å². The number of carboxylic acids is 1. The average Bonchev–Trinajstić information content (AvgIpc) is 2.69. The molecule has 0 aliphatic heterocycles. The van der Waals surface area contributed by atoms with E-state index in [1.807, 2.05) is 19.9 Å². The Morgan fingerprint density at radius 1 is 1.41 bits per heavy atom. The van der Waals surface area contributed by atoms with Gasteiger partial charge < -0.3 is 5.11 Å². The summed E-state index contributed by atoms with van der Waals surface area (Å²) in [7, 11) is 0. The lowest BCUT2D eigenvalue weighted by atomic mass is 9.96. The Bertz CT molecular complexity index is 397. The van der Waals surface area contributed by atoms with Crippen LogP contribution in [0.1, 0.15) is 39.5 Å². The summed E-state index contributed by atoms with van der Waals surface area (Å²) in [6.45, 7) is 3.94. The highest BCUT2D eigenvalue weighted by Gasteiger charge is 2.61. The first-order chi connectivity index (χ1) is 7.98. The Labute approximate surface area is 102 Å². The fourth-order valence-electron chi connectivity index (χ4n) is 3.16. The Kier molecular flexibility index (Phi) is 2.99. The van der Waals surface area contributed by atoms with Crippen molar-refractivity contribution < 1.29 is 9.90 Å². The molecule has 0 heterocycles. The molecule has 0 amide bonds. The topological polar surface area (TPSA) is 61.1 Å². The number of nitrogens with zero attached hydrogens (tertiary/aromatic N) is 1. The minimum absolute atomic E-state index is 0.0373. The average molecular weight is 233 g/mol. The first kappa shape index (κ1) is 12.2. The molecule has 2 aliphatic rings. The molecule has 3 heteroatoms. The number of allylic oxidation sites excluding steroid dienone is 2. The van der Waals surface area contributed by atoms with Gasteiger partial charge in [0.2, 0.25) is 0 Å². The predicted molar refractivity (Wildman–Crippen MR) is 64.1 cm³/mol. The third-order valence-corrected chi connectivity index (χ3v) is 4.46. The van der Waals surface area contributed by atoms with Gasteiger partial charge in [-0.2, -0.15) is 5.26 Å². The second-order valence-corrected chi connectivity index (χ2v) is 5.88. The van der Waals surface area contributed by atoms with E-state index in [9.17, 15) is 10.1 Å². The van der Waals surface area contributed by atoms with Crippen LogP contribution in [-0.2, 0) is 4.79 Å². The van der Waals surface area contributed by atoms with Crippen molar-refractivity contribution in [3.8, 4) is 6.07 Å². The lowest BCUT2D eigenvalue weighted by Crippen LogP contribution is -2.03. The summed E-state index contributed by atoms with van der Waals surface area (Å²) in [6.07, 6.45) is 6.50. The molecule has 17 heavy (non-hydrogen) atoms. The standard InChI is InChI=1S/C14H19NO2/c1-14(2)11(12(14)13(16)17)7-10(8-15)9-5-3-4-6-9/h7,9,11-12H,3-6H2,1-2H3,(H,16,17). The molecular weight excluding hydrogens is 214 g/mol. The predicted octanol–water partition coefficient (Wildman–Crippen LogP) is 2.98. The van der Waals surface area contributed by atoms with Crippen LogP contribution < -0.4 is 0 Å². The van der Waals surface area contributed by atoms with E-state index in [2.05, 4.69) is 6.07 Å². The zero-order valence-electron chi connectivity index (χ0n) is 10.4. The third-order valence-electron chi connectivity index (χ3n) is 4.46. The zero-order chi connectivity index (χ0) is 12.6. The number of hydrogen-bond acceptors (Lipinski definition) is 2. The summed E-state index contributed by atoms with van der Waals surface area (Å²) in [5, 5.41) is 18.3. The summed E-state index contributed by atoms with van der Waals surface area (Å²) in [4.78, 5) is 11.1. The number of carbonyl (C=O) groups is 1.